The van der Waals surface area contributed by atoms with E-state index in [4.69, 9.17) is 14.7 Å². The van der Waals surface area contributed by atoms with Crippen LogP contribution in [0.1, 0.15) is 11.3 Å². The van der Waals surface area contributed by atoms with Crippen molar-refractivity contribution in [2.24, 2.45) is 0 Å². The van der Waals surface area contributed by atoms with Gasteiger partial charge in [0.2, 0.25) is 6.79 Å². The van der Waals surface area contributed by atoms with Crippen LogP contribution in [0.25, 0.3) is 0 Å². The van der Waals surface area contributed by atoms with Gasteiger partial charge in [-0.25, -0.2) is 4.98 Å². The van der Waals surface area contributed by atoms with Crippen LogP contribution in [-0.2, 0) is 11.3 Å². The zero-order chi connectivity index (χ0) is 16.9. The Morgan fingerprint density at radius 3 is 3.04 bits per heavy atom. The number of ether oxygens (including phenoxy) is 2. The Hall–Kier alpha value is -3.05. The molecule has 0 bridgehead atoms. The molecule has 8 heteroatoms. The number of hydrogen-bond acceptors (Lipinski definition) is 7. The second-order valence-electron chi connectivity index (χ2n) is 4.98. The molecule has 1 aromatic carbocycles. The minimum absolute atomic E-state index is 0.0244. The van der Waals surface area contributed by atoms with Crippen molar-refractivity contribution >= 4 is 22.4 Å². The number of aromatic nitrogens is 1. The molecule has 1 aromatic heterocycles. The third kappa shape index (κ3) is 3.64. The number of thiazole rings is 1. The van der Waals surface area contributed by atoms with Crippen molar-refractivity contribution < 1.29 is 14.3 Å². The van der Waals surface area contributed by atoms with E-state index in [1.54, 1.807) is 12.1 Å². The molecule has 1 amide bonds. The Labute approximate surface area is 142 Å². The highest BCUT2D eigenvalue weighted by Gasteiger charge is 2.14. The summed E-state index contributed by atoms with van der Waals surface area (Å²) in [5.41, 5.74) is 1.71. The number of nitrogens with one attached hydrogen (secondary N) is 2. The van der Waals surface area contributed by atoms with E-state index in [0.29, 0.717) is 16.6 Å². The lowest BCUT2D eigenvalue weighted by atomic mass is 10.2. The molecule has 0 atom stereocenters. The summed E-state index contributed by atoms with van der Waals surface area (Å²) in [6.07, 6.45) is 1.35. The molecule has 0 radical (unpaired) electrons. The van der Waals surface area contributed by atoms with E-state index < -0.39 is 5.91 Å². The molecule has 3 rings (SSSR count). The maximum Gasteiger partial charge on any atom is 0.263 e. The molecule has 0 spiro atoms. The van der Waals surface area contributed by atoms with Crippen molar-refractivity contribution in [3.63, 3.8) is 0 Å². The van der Waals surface area contributed by atoms with E-state index in [2.05, 4.69) is 15.6 Å². The fourth-order valence-electron chi connectivity index (χ4n) is 2.03. The first-order chi connectivity index (χ1) is 11.7. The molecule has 1 aliphatic rings. The molecule has 0 saturated heterocycles. The van der Waals surface area contributed by atoms with Gasteiger partial charge in [0.05, 0.1) is 5.69 Å². The van der Waals surface area contributed by atoms with Gasteiger partial charge in [0.15, 0.2) is 16.6 Å². The Balaban J connectivity index is 1.59. The van der Waals surface area contributed by atoms with Gasteiger partial charge in [0.25, 0.3) is 5.91 Å². The molecule has 24 heavy (non-hydrogen) atoms. The van der Waals surface area contributed by atoms with E-state index in [1.807, 2.05) is 24.4 Å². The van der Waals surface area contributed by atoms with E-state index >= 15 is 0 Å². The lowest BCUT2D eigenvalue weighted by Gasteiger charge is -2.05. The summed E-state index contributed by atoms with van der Waals surface area (Å²) in [5, 5.41) is 17.2. The van der Waals surface area contributed by atoms with Crippen molar-refractivity contribution in [1.29, 1.82) is 5.26 Å². The summed E-state index contributed by atoms with van der Waals surface area (Å²) < 4.78 is 10.5. The maximum absolute atomic E-state index is 12.1. The zero-order valence-corrected chi connectivity index (χ0v) is 13.6. The number of carbonyl (C=O) groups excluding carboxylic acids is 1. The summed E-state index contributed by atoms with van der Waals surface area (Å²) in [6.45, 7) is 2.36. The number of carbonyl (C=O) groups is 1. The summed E-state index contributed by atoms with van der Waals surface area (Å²) in [4.78, 5) is 16.3. The number of aryl methyl sites for hydroxylation is 1. The third-order valence-electron chi connectivity index (χ3n) is 3.21. The van der Waals surface area contributed by atoms with Gasteiger partial charge < -0.3 is 20.1 Å². The van der Waals surface area contributed by atoms with Crippen LogP contribution in [0, 0.1) is 18.3 Å². The number of nitriles is 1. The summed E-state index contributed by atoms with van der Waals surface area (Å²) in [7, 11) is 0. The van der Waals surface area contributed by atoms with Crippen molar-refractivity contribution in [2.75, 3.05) is 12.1 Å². The number of nitrogens with zero attached hydrogens (tertiary/aromatic N) is 2. The average molecular weight is 342 g/mol. The normalized spacial score (nSPS) is 12.6. The lowest BCUT2D eigenvalue weighted by molar-refractivity contribution is -0.117. The van der Waals surface area contributed by atoms with Gasteiger partial charge in [0, 0.05) is 18.1 Å². The first-order valence-electron chi connectivity index (χ1n) is 7.11. The Kier molecular flexibility index (Phi) is 4.63. The van der Waals surface area contributed by atoms with Gasteiger partial charge in [-0.2, -0.15) is 5.26 Å². The van der Waals surface area contributed by atoms with E-state index in [1.165, 1.54) is 17.5 Å². The van der Waals surface area contributed by atoms with Crippen LogP contribution in [0.2, 0.25) is 0 Å². The van der Waals surface area contributed by atoms with Crippen LogP contribution in [0.4, 0.5) is 5.13 Å². The fraction of sp³-hybridized carbons (Fsp3) is 0.188. The molecule has 2 aromatic rings. The highest BCUT2D eigenvalue weighted by Crippen LogP contribution is 2.32. The van der Waals surface area contributed by atoms with Crippen LogP contribution >= 0.6 is 11.3 Å². The van der Waals surface area contributed by atoms with Crippen LogP contribution in [0.3, 0.4) is 0 Å². The first kappa shape index (κ1) is 15.8. The SMILES string of the molecule is Cc1csc(N/C=C(/C#N)C(=O)NCc2ccc3c(c2)OCO3)n1. The molecular weight excluding hydrogens is 328 g/mol. The third-order valence-corrected chi connectivity index (χ3v) is 4.11. The fourth-order valence-corrected chi connectivity index (χ4v) is 2.69. The van der Waals surface area contributed by atoms with Gasteiger partial charge in [-0.3, -0.25) is 4.79 Å². The molecule has 122 valence electrons. The topological polar surface area (TPSA) is 96.3 Å². The second-order valence-corrected chi connectivity index (χ2v) is 5.84. The largest absolute Gasteiger partial charge is 0.454 e. The highest BCUT2D eigenvalue weighted by molar-refractivity contribution is 7.13. The van der Waals surface area contributed by atoms with Gasteiger partial charge in [0.1, 0.15) is 11.6 Å². The summed E-state index contributed by atoms with van der Waals surface area (Å²) in [5.74, 6) is 0.875. The van der Waals surface area contributed by atoms with E-state index in [-0.39, 0.29) is 18.9 Å². The Bertz CT molecular complexity index is 838. The van der Waals surface area contributed by atoms with Crippen molar-refractivity contribution in [2.45, 2.75) is 13.5 Å². The maximum atomic E-state index is 12.1. The monoisotopic (exact) mass is 342 g/mol. The smallest absolute Gasteiger partial charge is 0.263 e. The molecule has 2 heterocycles. The molecular formula is C16H14N4O3S. The summed E-state index contributed by atoms with van der Waals surface area (Å²) >= 11 is 1.40. The highest BCUT2D eigenvalue weighted by atomic mass is 32.1. The minimum Gasteiger partial charge on any atom is -0.454 e. The van der Waals surface area contributed by atoms with Crippen molar-refractivity contribution in [3.8, 4) is 17.6 Å². The molecule has 0 saturated carbocycles. The predicted octanol–water partition coefficient (Wildman–Crippen LogP) is 2.32. The molecule has 7 nitrogen and oxygen atoms in total. The van der Waals surface area contributed by atoms with Gasteiger partial charge in [-0.05, 0) is 24.6 Å². The first-order valence-corrected chi connectivity index (χ1v) is 7.99. The number of benzene rings is 1. The minimum atomic E-state index is -0.462. The van der Waals surface area contributed by atoms with Crippen molar-refractivity contribution in [1.82, 2.24) is 10.3 Å². The average Bonchev–Trinajstić information content (AvgIpc) is 3.21. The zero-order valence-electron chi connectivity index (χ0n) is 12.8. The van der Waals surface area contributed by atoms with Gasteiger partial charge in [-0.15, -0.1) is 11.3 Å². The number of hydrogen-bond donors (Lipinski definition) is 2. The molecule has 1 aliphatic heterocycles. The summed E-state index contributed by atoms with van der Waals surface area (Å²) in [6, 6.07) is 7.30. The van der Waals surface area contributed by atoms with Crippen LogP contribution in [0.5, 0.6) is 11.5 Å². The second kappa shape index (κ2) is 7.02. The number of fused-ring (bicyclic) bond motifs is 1. The predicted molar refractivity (Wildman–Crippen MR) is 88.6 cm³/mol. The quantitative estimate of drug-likeness (QED) is 0.639. The standard InChI is InChI=1S/C16H14N4O3S/c1-10-8-24-16(20-10)19-7-12(5-17)15(21)18-6-11-2-3-13-14(4-11)23-9-22-13/h2-4,7-8H,6,9H2,1H3,(H,18,21)(H,19,20)/b12-7-. The molecule has 2 N–H and O–H groups in total. The number of rotatable bonds is 5. The molecule has 0 fully saturated rings. The van der Waals surface area contributed by atoms with Gasteiger partial charge >= 0.3 is 0 Å². The van der Waals surface area contributed by atoms with E-state index in [9.17, 15) is 4.79 Å². The van der Waals surface area contributed by atoms with Gasteiger partial charge in [-0.1, -0.05) is 6.07 Å². The molecule has 0 aliphatic carbocycles. The number of anilines is 1. The van der Waals surface area contributed by atoms with Crippen LogP contribution in [0.15, 0.2) is 35.4 Å². The number of amides is 1. The Morgan fingerprint density at radius 1 is 1.46 bits per heavy atom. The van der Waals surface area contributed by atoms with E-state index in [0.717, 1.165) is 11.3 Å². The van der Waals surface area contributed by atoms with Crippen molar-refractivity contribution in [3.05, 3.63) is 46.6 Å². The lowest BCUT2D eigenvalue weighted by Crippen LogP contribution is -2.24. The molecule has 0 unspecified atom stereocenters. The Morgan fingerprint density at radius 2 is 2.29 bits per heavy atom. The van der Waals surface area contributed by atoms with Crippen LogP contribution in [-0.4, -0.2) is 17.7 Å². The van der Waals surface area contributed by atoms with Crippen LogP contribution < -0.4 is 20.1 Å².